The molecule has 0 aliphatic heterocycles. The highest BCUT2D eigenvalue weighted by Crippen LogP contribution is 2.14. The second-order valence-corrected chi connectivity index (χ2v) is 5.54. The second kappa shape index (κ2) is 8.65. The molecule has 6 nitrogen and oxygen atoms in total. The summed E-state index contributed by atoms with van der Waals surface area (Å²) in [6.45, 7) is 3.03. The van der Waals surface area contributed by atoms with Crippen LogP contribution in [0.4, 0.5) is 0 Å². The Kier molecular flexibility index (Phi) is 7.17. The number of carboxylic acids is 1. The SMILES string of the molecule is CCC(CCN)CCC(=O)NCc1nc(C(=O)O)cs1. The molecule has 1 rings (SSSR count). The molecule has 0 bridgehead atoms. The summed E-state index contributed by atoms with van der Waals surface area (Å²) in [7, 11) is 0. The minimum atomic E-state index is -1.05. The van der Waals surface area contributed by atoms with Crippen LogP contribution in [0.1, 0.15) is 48.1 Å². The fraction of sp³-hybridized carbons (Fsp3) is 0.615. The maximum absolute atomic E-state index is 11.7. The molecule has 0 saturated carbocycles. The fourth-order valence-electron chi connectivity index (χ4n) is 1.88. The van der Waals surface area contributed by atoms with Crippen LogP contribution in [0.25, 0.3) is 0 Å². The molecule has 0 spiro atoms. The van der Waals surface area contributed by atoms with Gasteiger partial charge in [-0.2, -0.15) is 0 Å². The van der Waals surface area contributed by atoms with Crippen LogP contribution in [-0.2, 0) is 11.3 Å². The highest BCUT2D eigenvalue weighted by Gasteiger charge is 2.11. The lowest BCUT2D eigenvalue weighted by Gasteiger charge is -2.12. The molecule has 4 N–H and O–H groups in total. The van der Waals surface area contributed by atoms with Crippen molar-refractivity contribution in [2.75, 3.05) is 6.54 Å². The van der Waals surface area contributed by atoms with Gasteiger partial charge in [0.1, 0.15) is 5.01 Å². The van der Waals surface area contributed by atoms with Gasteiger partial charge in [0, 0.05) is 11.8 Å². The van der Waals surface area contributed by atoms with E-state index in [0.717, 1.165) is 19.3 Å². The number of aromatic nitrogens is 1. The third-order valence-corrected chi connectivity index (χ3v) is 3.99. The van der Waals surface area contributed by atoms with Crippen molar-refractivity contribution in [3.8, 4) is 0 Å². The molecular weight excluding hydrogens is 278 g/mol. The van der Waals surface area contributed by atoms with Crippen LogP contribution >= 0.6 is 11.3 Å². The van der Waals surface area contributed by atoms with E-state index in [1.807, 2.05) is 0 Å². The molecule has 1 aromatic rings. The molecule has 1 atom stereocenters. The lowest BCUT2D eigenvalue weighted by atomic mass is 9.96. The van der Waals surface area contributed by atoms with Crippen LogP contribution in [0.15, 0.2) is 5.38 Å². The minimum absolute atomic E-state index is 0.0215. The molecular formula is C13H21N3O3S. The number of aromatic carboxylic acids is 1. The van der Waals surface area contributed by atoms with Crippen LogP contribution < -0.4 is 11.1 Å². The normalized spacial score (nSPS) is 12.1. The maximum Gasteiger partial charge on any atom is 0.355 e. The summed E-state index contributed by atoms with van der Waals surface area (Å²) in [5, 5.41) is 13.6. The van der Waals surface area contributed by atoms with Crippen LogP contribution in [0.3, 0.4) is 0 Å². The Labute approximate surface area is 122 Å². The molecule has 7 heteroatoms. The Bertz CT molecular complexity index is 448. The molecule has 0 radical (unpaired) electrons. The lowest BCUT2D eigenvalue weighted by molar-refractivity contribution is -0.121. The van der Waals surface area contributed by atoms with Gasteiger partial charge in [-0.3, -0.25) is 4.79 Å². The number of nitrogens with one attached hydrogen (secondary N) is 1. The van der Waals surface area contributed by atoms with Crippen molar-refractivity contribution in [2.24, 2.45) is 11.7 Å². The van der Waals surface area contributed by atoms with E-state index >= 15 is 0 Å². The van der Waals surface area contributed by atoms with E-state index < -0.39 is 5.97 Å². The predicted molar refractivity (Wildman–Crippen MR) is 77.6 cm³/mol. The number of hydrogen-bond acceptors (Lipinski definition) is 5. The van der Waals surface area contributed by atoms with Gasteiger partial charge in [-0.1, -0.05) is 13.3 Å². The Morgan fingerprint density at radius 2 is 2.25 bits per heavy atom. The van der Waals surface area contributed by atoms with Gasteiger partial charge in [-0.05, 0) is 25.3 Å². The minimum Gasteiger partial charge on any atom is -0.476 e. The van der Waals surface area contributed by atoms with Crippen LogP contribution in [0.5, 0.6) is 0 Å². The molecule has 0 aromatic carbocycles. The zero-order valence-corrected chi connectivity index (χ0v) is 12.4. The first kappa shape index (κ1) is 16.6. The first-order valence-electron chi connectivity index (χ1n) is 6.71. The Morgan fingerprint density at radius 1 is 1.50 bits per heavy atom. The van der Waals surface area contributed by atoms with Gasteiger partial charge in [-0.25, -0.2) is 9.78 Å². The largest absolute Gasteiger partial charge is 0.476 e. The molecule has 20 heavy (non-hydrogen) atoms. The Balaban J connectivity index is 2.30. The molecule has 0 aliphatic carbocycles. The topological polar surface area (TPSA) is 105 Å². The molecule has 112 valence electrons. The third kappa shape index (κ3) is 5.66. The van der Waals surface area contributed by atoms with Gasteiger partial charge in [0.25, 0.3) is 0 Å². The number of nitrogens with two attached hydrogens (primary N) is 1. The first-order chi connectivity index (χ1) is 9.56. The Morgan fingerprint density at radius 3 is 2.80 bits per heavy atom. The number of carboxylic acid groups (broad SMARTS) is 1. The summed E-state index contributed by atoms with van der Waals surface area (Å²) < 4.78 is 0. The molecule has 1 heterocycles. The van der Waals surface area contributed by atoms with Crippen molar-refractivity contribution >= 4 is 23.2 Å². The monoisotopic (exact) mass is 299 g/mol. The van der Waals surface area contributed by atoms with Gasteiger partial charge < -0.3 is 16.2 Å². The Hall–Kier alpha value is -1.47. The van der Waals surface area contributed by atoms with Gasteiger partial charge in [0.05, 0.1) is 6.54 Å². The standard InChI is InChI=1S/C13H21N3O3S/c1-2-9(5-6-14)3-4-11(17)15-7-12-16-10(8-20-12)13(18)19/h8-9H,2-7,14H2,1H3,(H,15,17)(H,18,19). The van der Waals surface area contributed by atoms with E-state index in [1.54, 1.807) is 0 Å². The van der Waals surface area contributed by atoms with Crippen molar-refractivity contribution in [3.63, 3.8) is 0 Å². The maximum atomic E-state index is 11.7. The van der Waals surface area contributed by atoms with E-state index in [9.17, 15) is 9.59 Å². The van der Waals surface area contributed by atoms with Crippen LogP contribution in [-0.4, -0.2) is 28.5 Å². The summed E-state index contributed by atoms with van der Waals surface area (Å²) in [5.74, 6) is -0.594. The summed E-state index contributed by atoms with van der Waals surface area (Å²) in [4.78, 5) is 26.3. The smallest absolute Gasteiger partial charge is 0.355 e. The number of rotatable bonds is 9. The zero-order chi connectivity index (χ0) is 15.0. The van der Waals surface area contributed by atoms with E-state index in [2.05, 4.69) is 17.2 Å². The molecule has 1 amide bonds. The number of carbonyl (C=O) groups is 2. The number of nitrogens with zero attached hydrogens (tertiary/aromatic N) is 1. The third-order valence-electron chi connectivity index (χ3n) is 3.14. The van der Waals surface area contributed by atoms with E-state index in [1.165, 1.54) is 16.7 Å². The molecule has 0 fully saturated rings. The van der Waals surface area contributed by atoms with Crippen molar-refractivity contribution in [3.05, 3.63) is 16.1 Å². The fourth-order valence-corrected chi connectivity index (χ4v) is 2.58. The summed E-state index contributed by atoms with van der Waals surface area (Å²) in [6, 6.07) is 0. The van der Waals surface area contributed by atoms with E-state index in [-0.39, 0.29) is 18.1 Å². The van der Waals surface area contributed by atoms with E-state index in [4.69, 9.17) is 10.8 Å². The summed E-state index contributed by atoms with van der Waals surface area (Å²) >= 11 is 1.23. The van der Waals surface area contributed by atoms with Crippen molar-refractivity contribution < 1.29 is 14.7 Å². The van der Waals surface area contributed by atoms with Crippen molar-refractivity contribution in [1.82, 2.24) is 10.3 Å². The number of hydrogen-bond donors (Lipinski definition) is 3. The second-order valence-electron chi connectivity index (χ2n) is 4.60. The van der Waals surface area contributed by atoms with Gasteiger partial charge >= 0.3 is 5.97 Å². The molecule has 0 saturated heterocycles. The highest BCUT2D eigenvalue weighted by atomic mass is 32.1. The first-order valence-corrected chi connectivity index (χ1v) is 7.59. The number of carbonyl (C=O) groups excluding carboxylic acids is 1. The van der Waals surface area contributed by atoms with Gasteiger partial charge in [0.15, 0.2) is 5.69 Å². The molecule has 1 unspecified atom stereocenters. The van der Waals surface area contributed by atoms with Gasteiger partial charge in [0.2, 0.25) is 5.91 Å². The average molecular weight is 299 g/mol. The molecule has 0 aliphatic rings. The van der Waals surface area contributed by atoms with E-state index in [0.29, 0.717) is 23.9 Å². The van der Waals surface area contributed by atoms with Crippen molar-refractivity contribution in [2.45, 2.75) is 39.2 Å². The molecule has 1 aromatic heterocycles. The number of thiazole rings is 1. The van der Waals surface area contributed by atoms with Crippen LogP contribution in [0, 0.1) is 5.92 Å². The average Bonchev–Trinajstić information content (AvgIpc) is 2.90. The zero-order valence-electron chi connectivity index (χ0n) is 11.6. The predicted octanol–water partition coefficient (Wildman–Crippen LogP) is 1.61. The highest BCUT2D eigenvalue weighted by molar-refractivity contribution is 7.09. The quantitative estimate of drug-likeness (QED) is 0.642. The lowest BCUT2D eigenvalue weighted by Crippen LogP contribution is -2.23. The van der Waals surface area contributed by atoms with Crippen LogP contribution in [0.2, 0.25) is 0 Å². The summed E-state index contributed by atoms with van der Waals surface area (Å²) in [5.41, 5.74) is 5.54. The van der Waals surface area contributed by atoms with Crippen molar-refractivity contribution in [1.29, 1.82) is 0 Å². The number of amides is 1. The van der Waals surface area contributed by atoms with Gasteiger partial charge in [-0.15, -0.1) is 11.3 Å². The summed E-state index contributed by atoms with van der Waals surface area (Å²) in [6.07, 6.45) is 3.27.